The van der Waals surface area contributed by atoms with Gasteiger partial charge < -0.3 is 16.2 Å². The molecule has 0 aliphatic carbocycles. The first-order chi connectivity index (χ1) is 8.65. The number of aromatic carboxylic acids is 1. The molecular formula is C11H12F4N2O2. The highest BCUT2D eigenvalue weighted by Gasteiger charge is 2.40. The van der Waals surface area contributed by atoms with E-state index in [2.05, 4.69) is 5.32 Å². The highest BCUT2D eigenvalue weighted by Crippen LogP contribution is 2.26. The Morgan fingerprint density at radius 3 is 2.53 bits per heavy atom. The van der Waals surface area contributed by atoms with Gasteiger partial charge in [-0.1, -0.05) is 0 Å². The first-order valence-electron chi connectivity index (χ1n) is 5.18. The maximum atomic E-state index is 12.7. The smallest absolute Gasteiger partial charge is 0.337 e. The molecule has 0 aliphatic heterocycles. The zero-order valence-electron chi connectivity index (χ0n) is 9.88. The minimum atomic E-state index is -4.20. The van der Waals surface area contributed by atoms with Gasteiger partial charge in [-0.3, -0.25) is 0 Å². The molecule has 0 spiro atoms. The van der Waals surface area contributed by atoms with Crippen LogP contribution < -0.4 is 11.1 Å². The summed E-state index contributed by atoms with van der Waals surface area (Å²) in [4.78, 5) is 10.9. The summed E-state index contributed by atoms with van der Waals surface area (Å²) in [6.45, 7) is 0.186. The van der Waals surface area contributed by atoms with Gasteiger partial charge in [-0.25, -0.2) is 13.6 Å². The van der Waals surface area contributed by atoms with Crippen LogP contribution in [0.2, 0.25) is 0 Å². The number of hydrogen-bond donors (Lipinski definition) is 3. The van der Waals surface area contributed by atoms with E-state index in [1.165, 1.54) is 13.0 Å². The number of nitrogens with one attached hydrogen (secondary N) is 1. The molecule has 4 N–H and O–H groups in total. The Labute approximate surface area is 106 Å². The number of aryl methyl sites for hydroxylation is 1. The van der Waals surface area contributed by atoms with Gasteiger partial charge in [0.15, 0.2) is 0 Å². The molecule has 1 aromatic carbocycles. The lowest BCUT2D eigenvalue weighted by Gasteiger charge is -2.17. The Balaban J connectivity index is 2.95. The molecule has 19 heavy (non-hydrogen) atoms. The molecule has 106 valence electrons. The van der Waals surface area contributed by atoms with E-state index >= 15 is 0 Å². The zero-order chi connectivity index (χ0) is 14.8. The van der Waals surface area contributed by atoms with Crippen LogP contribution in [0.4, 0.5) is 28.9 Å². The Morgan fingerprint density at radius 2 is 2.05 bits per heavy atom. The SMILES string of the molecule is Cc1cc(NCC(F)(F)C(F)F)cc(C(=O)O)c1N. The number of rotatable bonds is 5. The first-order valence-corrected chi connectivity index (χ1v) is 5.18. The fourth-order valence-electron chi connectivity index (χ4n) is 1.37. The summed E-state index contributed by atoms with van der Waals surface area (Å²) in [7, 11) is 0. The third kappa shape index (κ3) is 3.49. The number of benzene rings is 1. The maximum Gasteiger partial charge on any atom is 0.337 e. The highest BCUT2D eigenvalue weighted by atomic mass is 19.3. The summed E-state index contributed by atoms with van der Waals surface area (Å²) >= 11 is 0. The number of nitrogen functional groups attached to an aromatic ring is 1. The largest absolute Gasteiger partial charge is 0.478 e. The van der Waals surface area contributed by atoms with Crippen LogP contribution >= 0.6 is 0 Å². The van der Waals surface area contributed by atoms with Crippen LogP contribution in [-0.2, 0) is 0 Å². The molecule has 0 radical (unpaired) electrons. The van der Waals surface area contributed by atoms with Gasteiger partial charge in [-0.05, 0) is 24.6 Å². The van der Waals surface area contributed by atoms with E-state index in [9.17, 15) is 22.4 Å². The summed E-state index contributed by atoms with van der Waals surface area (Å²) in [5.74, 6) is -5.52. The van der Waals surface area contributed by atoms with E-state index in [1.54, 1.807) is 0 Å². The van der Waals surface area contributed by atoms with Crippen molar-refractivity contribution in [3.05, 3.63) is 23.3 Å². The lowest BCUT2D eigenvalue weighted by atomic mass is 10.1. The van der Waals surface area contributed by atoms with Gasteiger partial charge >= 0.3 is 18.3 Å². The topological polar surface area (TPSA) is 75.3 Å². The van der Waals surface area contributed by atoms with Gasteiger partial charge in [0.25, 0.3) is 0 Å². The molecule has 0 saturated heterocycles. The molecule has 0 aliphatic rings. The molecule has 1 rings (SSSR count). The molecule has 0 unspecified atom stereocenters. The van der Waals surface area contributed by atoms with Crippen molar-refractivity contribution in [1.82, 2.24) is 0 Å². The monoisotopic (exact) mass is 280 g/mol. The number of carboxylic acids is 1. The Hall–Kier alpha value is -1.99. The van der Waals surface area contributed by atoms with Crippen LogP contribution in [0.1, 0.15) is 15.9 Å². The van der Waals surface area contributed by atoms with Crippen molar-refractivity contribution in [2.75, 3.05) is 17.6 Å². The third-order valence-corrected chi connectivity index (χ3v) is 2.46. The van der Waals surface area contributed by atoms with Crippen molar-refractivity contribution in [2.45, 2.75) is 19.3 Å². The lowest BCUT2D eigenvalue weighted by molar-refractivity contribution is -0.117. The molecule has 0 fully saturated rings. The Kier molecular flexibility index (Phi) is 4.23. The molecule has 0 amide bonds. The van der Waals surface area contributed by atoms with Crippen molar-refractivity contribution < 1.29 is 27.5 Å². The Morgan fingerprint density at radius 1 is 1.47 bits per heavy atom. The predicted molar refractivity (Wildman–Crippen MR) is 62.0 cm³/mol. The second-order valence-electron chi connectivity index (χ2n) is 3.97. The average Bonchev–Trinajstić information content (AvgIpc) is 2.30. The fraction of sp³-hybridized carbons (Fsp3) is 0.364. The molecule has 0 saturated carbocycles. The van der Waals surface area contributed by atoms with Gasteiger partial charge in [0, 0.05) is 11.4 Å². The molecule has 0 heterocycles. The Bertz CT molecular complexity index is 492. The van der Waals surface area contributed by atoms with Gasteiger partial charge in [-0.15, -0.1) is 0 Å². The van der Waals surface area contributed by atoms with E-state index < -0.39 is 24.9 Å². The number of anilines is 2. The van der Waals surface area contributed by atoms with Crippen LogP contribution in [-0.4, -0.2) is 30.0 Å². The first kappa shape index (κ1) is 15.1. The molecule has 1 aromatic rings. The van der Waals surface area contributed by atoms with Gasteiger partial charge in [0.1, 0.15) is 0 Å². The number of carboxylic acid groups (broad SMARTS) is 1. The van der Waals surface area contributed by atoms with E-state index in [1.807, 2.05) is 0 Å². The fourth-order valence-corrected chi connectivity index (χ4v) is 1.37. The second kappa shape index (κ2) is 5.33. The van der Waals surface area contributed by atoms with Crippen LogP contribution in [0.5, 0.6) is 0 Å². The van der Waals surface area contributed by atoms with Gasteiger partial charge in [0.2, 0.25) is 0 Å². The quantitative estimate of drug-likeness (QED) is 0.572. The van der Waals surface area contributed by atoms with Crippen molar-refractivity contribution in [3.63, 3.8) is 0 Å². The number of carbonyl (C=O) groups is 1. The van der Waals surface area contributed by atoms with Crippen molar-refractivity contribution in [3.8, 4) is 0 Å². The number of alkyl halides is 4. The van der Waals surface area contributed by atoms with E-state index in [0.717, 1.165) is 6.07 Å². The summed E-state index contributed by atoms with van der Waals surface area (Å²) in [5.41, 5.74) is 5.57. The molecule has 0 bridgehead atoms. The average molecular weight is 280 g/mol. The molecule has 8 heteroatoms. The van der Waals surface area contributed by atoms with E-state index in [4.69, 9.17) is 10.8 Å². The molecule has 4 nitrogen and oxygen atoms in total. The summed E-state index contributed by atoms with van der Waals surface area (Å²) in [6.07, 6.45) is -3.80. The third-order valence-electron chi connectivity index (χ3n) is 2.46. The standard InChI is InChI=1S/C11H12F4N2O2/c1-5-2-6(3-7(8(5)16)9(18)19)17-4-11(14,15)10(12)13/h2-3,10,17H,4,16H2,1H3,(H,18,19). The van der Waals surface area contributed by atoms with Gasteiger partial charge in [0.05, 0.1) is 12.1 Å². The number of hydrogen-bond acceptors (Lipinski definition) is 3. The van der Waals surface area contributed by atoms with Crippen molar-refractivity contribution in [1.29, 1.82) is 0 Å². The van der Waals surface area contributed by atoms with Crippen LogP contribution in [0.3, 0.4) is 0 Å². The van der Waals surface area contributed by atoms with Crippen LogP contribution in [0, 0.1) is 6.92 Å². The van der Waals surface area contributed by atoms with E-state index in [0.29, 0.717) is 5.56 Å². The maximum absolute atomic E-state index is 12.7. The highest BCUT2D eigenvalue weighted by molar-refractivity contribution is 5.95. The summed E-state index contributed by atoms with van der Waals surface area (Å²) in [6, 6.07) is 2.33. The minimum Gasteiger partial charge on any atom is -0.478 e. The predicted octanol–water partition coefficient (Wildman–Crippen LogP) is 2.59. The second-order valence-corrected chi connectivity index (χ2v) is 3.97. The van der Waals surface area contributed by atoms with Crippen molar-refractivity contribution in [2.24, 2.45) is 0 Å². The van der Waals surface area contributed by atoms with Gasteiger partial charge in [-0.2, -0.15) is 8.78 Å². The zero-order valence-corrected chi connectivity index (χ0v) is 9.88. The molecular weight excluding hydrogens is 268 g/mol. The molecule has 0 atom stereocenters. The molecule has 0 aromatic heterocycles. The normalized spacial score (nSPS) is 11.7. The van der Waals surface area contributed by atoms with E-state index in [-0.39, 0.29) is 16.9 Å². The summed E-state index contributed by atoms with van der Waals surface area (Å²) in [5, 5.41) is 10.9. The number of nitrogens with two attached hydrogens (primary N) is 1. The van der Waals surface area contributed by atoms with Crippen molar-refractivity contribution >= 4 is 17.3 Å². The summed E-state index contributed by atoms with van der Waals surface area (Å²) < 4.78 is 49.4. The van der Waals surface area contributed by atoms with Crippen LogP contribution in [0.15, 0.2) is 12.1 Å². The minimum absolute atomic E-state index is 0.00123. The number of halogens is 4. The van der Waals surface area contributed by atoms with Crippen LogP contribution in [0.25, 0.3) is 0 Å². The lowest BCUT2D eigenvalue weighted by Crippen LogP contribution is -2.34.